The Bertz CT molecular complexity index is 351. The SMILES string of the molecule is COc1ccc(OCCNC(=O)C(C)Cl)cc1. The van der Waals surface area contributed by atoms with Gasteiger partial charge in [0.15, 0.2) is 0 Å². The largest absolute Gasteiger partial charge is 0.497 e. The Morgan fingerprint density at radius 3 is 2.47 bits per heavy atom. The molecule has 4 nitrogen and oxygen atoms in total. The molecule has 1 rings (SSSR count). The lowest BCUT2D eigenvalue weighted by molar-refractivity contribution is -0.120. The van der Waals surface area contributed by atoms with Crippen LogP contribution in [0.4, 0.5) is 0 Å². The minimum absolute atomic E-state index is 0.190. The van der Waals surface area contributed by atoms with Gasteiger partial charge in [0.25, 0.3) is 0 Å². The quantitative estimate of drug-likeness (QED) is 0.625. The Morgan fingerprint density at radius 1 is 1.35 bits per heavy atom. The average molecular weight is 258 g/mol. The van der Waals surface area contributed by atoms with Crippen molar-refractivity contribution in [3.05, 3.63) is 24.3 Å². The van der Waals surface area contributed by atoms with Crippen molar-refractivity contribution >= 4 is 17.5 Å². The third-order valence-electron chi connectivity index (χ3n) is 2.09. The van der Waals surface area contributed by atoms with Crippen LogP contribution in [0.1, 0.15) is 6.92 Å². The molecule has 0 aliphatic rings. The number of hydrogen-bond donors (Lipinski definition) is 1. The van der Waals surface area contributed by atoms with Gasteiger partial charge in [0.05, 0.1) is 13.7 Å². The fraction of sp³-hybridized carbons (Fsp3) is 0.417. The van der Waals surface area contributed by atoms with Gasteiger partial charge < -0.3 is 14.8 Å². The first-order valence-corrected chi connectivity index (χ1v) is 5.75. The molecule has 1 atom stereocenters. The van der Waals surface area contributed by atoms with Crippen LogP contribution in [0.25, 0.3) is 0 Å². The fourth-order valence-electron chi connectivity index (χ4n) is 1.16. The van der Waals surface area contributed by atoms with Crippen LogP contribution in [0.3, 0.4) is 0 Å². The van der Waals surface area contributed by atoms with Gasteiger partial charge in [0.2, 0.25) is 5.91 Å². The number of rotatable bonds is 6. The maximum Gasteiger partial charge on any atom is 0.237 e. The lowest BCUT2D eigenvalue weighted by Crippen LogP contribution is -2.32. The molecular weight excluding hydrogens is 242 g/mol. The maximum absolute atomic E-state index is 11.1. The number of alkyl halides is 1. The van der Waals surface area contributed by atoms with Gasteiger partial charge in [-0.05, 0) is 31.2 Å². The van der Waals surface area contributed by atoms with Crippen molar-refractivity contribution in [1.82, 2.24) is 5.32 Å². The molecule has 0 saturated heterocycles. The highest BCUT2D eigenvalue weighted by Crippen LogP contribution is 2.16. The van der Waals surface area contributed by atoms with Crippen LogP contribution in [0, 0.1) is 0 Å². The monoisotopic (exact) mass is 257 g/mol. The zero-order valence-electron chi connectivity index (χ0n) is 9.90. The summed E-state index contributed by atoms with van der Waals surface area (Å²) in [4.78, 5) is 11.1. The summed E-state index contributed by atoms with van der Waals surface area (Å²) in [5.41, 5.74) is 0. The van der Waals surface area contributed by atoms with Crippen molar-refractivity contribution in [3.63, 3.8) is 0 Å². The second kappa shape index (κ2) is 7.01. The van der Waals surface area contributed by atoms with E-state index in [4.69, 9.17) is 21.1 Å². The van der Waals surface area contributed by atoms with Gasteiger partial charge in [-0.1, -0.05) is 0 Å². The van der Waals surface area contributed by atoms with E-state index < -0.39 is 5.38 Å². The first kappa shape index (κ1) is 13.6. The van der Waals surface area contributed by atoms with Gasteiger partial charge in [0.1, 0.15) is 23.5 Å². The van der Waals surface area contributed by atoms with E-state index in [0.29, 0.717) is 13.2 Å². The topological polar surface area (TPSA) is 47.6 Å². The lowest BCUT2D eigenvalue weighted by Gasteiger charge is -2.09. The third kappa shape index (κ3) is 4.95. The summed E-state index contributed by atoms with van der Waals surface area (Å²) in [5.74, 6) is 1.32. The number of carbonyl (C=O) groups is 1. The molecule has 1 N–H and O–H groups in total. The Morgan fingerprint density at radius 2 is 1.94 bits per heavy atom. The van der Waals surface area contributed by atoms with E-state index in [-0.39, 0.29) is 5.91 Å². The second-order valence-electron chi connectivity index (χ2n) is 3.43. The summed E-state index contributed by atoms with van der Waals surface area (Å²) >= 11 is 5.59. The fourth-order valence-corrected chi connectivity index (χ4v) is 1.23. The predicted molar refractivity (Wildman–Crippen MR) is 66.8 cm³/mol. The molecule has 0 aliphatic heterocycles. The number of nitrogens with one attached hydrogen (secondary N) is 1. The lowest BCUT2D eigenvalue weighted by atomic mass is 10.3. The van der Waals surface area contributed by atoms with E-state index in [2.05, 4.69) is 5.32 Å². The Balaban J connectivity index is 2.24. The van der Waals surface area contributed by atoms with E-state index in [1.807, 2.05) is 24.3 Å². The van der Waals surface area contributed by atoms with E-state index in [1.165, 1.54) is 0 Å². The third-order valence-corrected chi connectivity index (χ3v) is 2.29. The summed E-state index contributed by atoms with van der Waals surface area (Å²) in [7, 11) is 1.61. The molecule has 0 aliphatic carbocycles. The standard InChI is InChI=1S/C12H16ClNO3/c1-9(13)12(15)14-7-8-17-11-5-3-10(16-2)4-6-11/h3-6,9H,7-8H2,1-2H3,(H,14,15). The highest BCUT2D eigenvalue weighted by atomic mass is 35.5. The molecule has 1 unspecified atom stereocenters. The van der Waals surface area contributed by atoms with Crippen LogP contribution in [0.15, 0.2) is 24.3 Å². The number of amides is 1. The number of halogens is 1. The van der Waals surface area contributed by atoms with Crippen LogP contribution in [-0.2, 0) is 4.79 Å². The summed E-state index contributed by atoms with van der Waals surface area (Å²) < 4.78 is 10.4. The molecule has 0 radical (unpaired) electrons. The summed E-state index contributed by atoms with van der Waals surface area (Å²) in [5, 5.41) is 2.14. The van der Waals surface area contributed by atoms with Crippen molar-refractivity contribution in [2.45, 2.75) is 12.3 Å². The van der Waals surface area contributed by atoms with Crippen LogP contribution < -0.4 is 14.8 Å². The maximum atomic E-state index is 11.1. The molecule has 0 saturated carbocycles. The molecule has 1 aromatic carbocycles. The van der Waals surface area contributed by atoms with Crippen molar-refractivity contribution in [2.75, 3.05) is 20.3 Å². The highest BCUT2D eigenvalue weighted by Gasteiger charge is 2.07. The minimum Gasteiger partial charge on any atom is -0.497 e. The number of methoxy groups -OCH3 is 1. The predicted octanol–water partition coefficient (Wildman–Crippen LogP) is 1.82. The minimum atomic E-state index is -0.518. The van der Waals surface area contributed by atoms with Crippen molar-refractivity contribution < 1.29 is 14.3 Å². The first-order valence-electron chi connectivity index (χ1n) is 5.32. The molecule has 0 bridgehead atoms. The zero-order valence-corrected chi connectivity index (χ0v) is 10.7. The molecule has 1 amide bonds. The summed E-state index contributed by atoms with van der Waals surface area (Å²) in [6.45, 7) is 2.46. The van der Waals surface area contributed by atoms with Gasteiger partial charge in [-0.2, -0.15) is 0 Å². The van der Waals surface area contributed by atoms with E-state index in [1.54, 1.807) is 14.0 Å². The van der Waals surface area contributed by atoms with E-state index in [0.717, 1.165) is 11.5 Å². The van der Waals surface area contributed by atoms with Crippen LogP contribution >= 0.6 is 11.6 Å². The molecule has 0 fully saturated rings. The van der Waals surface area contributed by atoms with Crippen LogP contribution in [0.2, 0.25) is 0 Å². The van der Waals surface area contributed by atoms with Gasteiger partial charge in [-0.15, -0.1) is 11.6 Å². The highest BCUT2D eigenvalue weighted by molar-refractivity contribution is 6.30. The van der Waals surface area contributed by atoms with E-state index >= 15 is 0 Å². The Hall–Kier alpha value is -1.42. The molecule has 0 aromatic heterocycles. The van der Waals surface area contributed by atoms with Crippen LogP contribution in [0.5, 0.6) is 11.5 Å². The Kier molecular flexibility index (Phi) is 5.63. The normalized spacial score (nSPS) is 11.7. The van der Waals surface area contributed by atoms with Gasteiger partial charge in [-0.25, -0.2) is 0 Å². The Labute approximate surface area is 106 Å². The first-order chi connectivity index (χ1) is 8.13. The molecule has 17 heavy (non-hydrogen) atoms. The van der Waals surface area contributed by atoms with E-state index in [9.17, 15) is 4.79 Å². The molecule has 94 valence electrons. The summed E-state index contributed by atoms with van der Waals surface area (Å²) in [6, 6.07) is 7.25. The van der Waals surface area contributed by atoms with Crippen molar-refractivity contribution in [2.24, 2.45) is 0 Å². The molecule has 5 heteroatoms. The molecule has 0 heterocycles. The molecule has 1 aromatic rings. The number of hydrogen-bond acceptors (Lipinski definition) is 3. The number of carbonyl (C=O) groups excluding carboxylic acids is 1. The van der Waals surface area contributed by atoms with Gasteiger partial charge in [-0.3, -0.25) is 4.79 Å². The number of ether oxygens (including phenoxy) is 2. The average Bonchev–Trinajstić information content (AvgIpc) is 2.35. The number of benzene rings is 1. The van der Waals surface area contributed by atoms with Crippen molar-refractivity contribution in [1.29, 1.82) is 0 Å². The van der Waals surface area contributed by atoms with Gasteiger partial charge >= 0.3 is 0 Å². The summed E-state index contributed by atoms with van der Waals surface area (Å²) in [6.07, 6.45) is 0. The van der Waals surface area contributed by atoms with Crippen molar-refractivity contribution in [3.8, 4) is 11.5 Å². The molecular formula is C12H16ClNO3. The second-order valence-corrected chi connectivity index (χ2v) is 4.09. The van der Waals surface area contributed by atoms with Gasteiger partial charge in [0, 0.05) is 0 Å². The smallest absolute Gasteiger partial charge is 0.237 e. The zero-order chi connectivity index (χ0) is 12.7. The molecule has 0 spiro atoms. The van der Waals surface area contributed by atoms with Crippen LogP contribution in [-0.4, -0.2) is 31.5 Å².